The summed E-state index contributed by atoms with van der Waals surface area (Å²) in [5.41, 5.74) is 0.661. The van der Waals surface area contributed by atoms with E-state index in [1.807, 2.05) is 18.2 Å². The average Bonchev–Trinajstić information content (AvgIpc) is 3.03. The molecule has 2 heterocycles. The number of rotatable bonds is 4. The largest absolute Gasteiger partial charge is 0.497 e. The van der Waals surface area contributed by atoms with E-state index in [1.165, 1.54) is 12.3 Å². The zero-order valence-corrected chi connectivity index (χ0v) is 12.8. The van der Waals surface area contributed by atoms with E-state index in [2.05, 4.69) is 19.7 Å². The highest BCUT2D eigenvalue weighted by Crippen LogP contribution is 2.24. The Morgan fingerprint density at radius 2 is 2.22 bits per heavy atom. The van der Waals surface area contributed by atoms with Crippen LogP contribution in [0.2, 0.25) is 0 Å². The molecule has 0 saturated carbocycles. The molecule has 0 radical (unpaired) electrons. The molecule has 0 aliphatic heterocycles. The number of nitrogens with one attached hydrogen (secondary N) is 1. The van der Waals surface area contributed by atoms with Crippen molar-refractivity contribution < 1.29 is 13.9 Å². The summed E-state index contributed by atoms with van der Waals surface area (Å²) >= 11 is 1.01. The summed E-state index contributed by atoms with van der Waals surface area (Å²) in [6.45, 7) is 0. The molecule has 0 bridgehead atoms. The fourth-order valence-electron chi connectivity index (χ4n) is 1.88. The standard InChI is InChI=1S/C15H11FN4O2S/c1-22-10-4-2-3-9(7-10)13-18-15(23-20-13)19-14(21)11-5-6-17-8-12(11)16/h2-8H,1H3,(H,18,19,20,21). The Kier molecular flexibility index (Phi) is 4.24. The van der Waals surface area contributed by atoms with Gasteiger partial charge < -0.3 is 4.74 Å². The fraction of sp³-hybridized carbons (Fsp3) is 0.0667. The topological polar surface area (TPSA) is 77.0 Å². The Balaban J connectivity index is 1.79. The molecule has 0 atom stereocenters. The number of amides is 1. The molecular formula is C15H11FN4O2S. The second-order valence-electron chi connectivity index (χ2n) is 4.46. The third-order valence-electron chi connectivity index (χ3n) is 2.99. The number of hydrogen-bond donors (Lipinski definition) is 1. The quantitative estimate of drug-likeness (QED) is 0.796. The van der Waals surface area contributed by atoms with Crippen LogP contribution in [-0.2, 0) is 0 Å². The van der Waals surface area contributed by atoms with E-state index in [0.29, 0.717) is 11.6 Å². The number of anilines is 1. The van der Waals surface area contributed by atoms with Gasteiger partial charge in [0, 0.05) is 23.3 Å². The molecule has 1 N–H and O–H groups in total. The molecule has 1 amide bonds. The summed E-state index contributed by atoms with van der Waals surface area (Å²) in [5.74, 6) is -0.151. The van der Waals surface area contributed by atoms with Crippen LogP contribution in [0.15, 0.2) is 42.7 Å². The first-order chi connectivity index (χ1) is 11.2. The van der Waals surface area contributed by atoms with Gasteiger partial charge in [-0.1, -0.05) is 12.1 Å². The molecule has 0 aliphatic rings. The predicted octanol–water partition coefficient (Wildman–Crippen LogP) is 3.00. The minimum Gasteiger partial charge on any atom is -0.497 e. The molecule has 0 unspecified atom stereocenters. The van der Waals surface area contributed by atoms with Crippen molar-refractivity contribution in [2.24, 2.45) is 0 Å². The maximum atomic E-state index is 13.5. The van der Waals surface area contributed by atoms with Gasteiger partial charge in [-0.2, -0.15) is 9.36 Å². The van der Waals surface area contributed by atoms with Crippen molar-refractivity contribution in [2.75, 3.05) is 12.4 Å². The summed E-state index contributed by atoms with van der Waals surface area (Å²) < 4.78 is 22.9. The van der Waals surface area contributed by atoms with Gasteiger partial charge in [0.15, 0.2) is 11.6 Å². The van der Waals surface area contributed by atoms with Gasteiger partial charge in [-0.15, -0.1) is 0 Å². The van der Waals surface area contributed by atoms with Gasteiger partial charge in [-0.25, -0.2) is 4.39 Å². The maximum absolute atomic E-state index is 13.5. The van der Waals surface area contributed by atoms with E-state index in [1.54, 1.807) is 13.2 Å². The van der Waals surface area contributed by atoms with Crippen molar-refractivity contribution in [3.05, 3.63) is 54.1 Å². The number of methoxy groups -OCH3 is 1. The Morgan fingerprint density at radius 3 is 3.00 bits per heavy atom. The Labute approximate surface area is 135 Å². The summed E-state index contributed by atoms with van der Waals surface area (Å²) in [5, 5.41) is 2.81. The Hall–Kier alpha value is -2.87. The lowest BCUT2D eigenvalue weighted by Crippen LogP contribution is -2.13. The van der Waals surface area contributed by atoms with E-state index in [0.717, 1.165) is 23.3 Å². The number of hydrogen-bond acceptors (Lipinski definition) is 6. The number of halogens is 1. The number of benzene rings is 1. The molecule has 2 aromatic heterocycles. The van der Waals surface area contributed by atoms with Crippen LogP contribution in [0.4, 0.5) is 9.52 Å². The van der Waals surface area contributed by atoms with Crippen LogP contribution in [0.5, 0.6) is 5.75 Å². The highest BCUT2D eigenvalue weighted by molar-refractivity contribution is 7.10. The van der Waals surface area contributed by atoms with Gasteiger partial charge in [0.25, 0.3) is 5.91 Å². The van der Waals surface area contributed by atoms with Crippen molar-refractivity contribution >= 4 is 22.6 Å². The van der Waals surface area contributed by atoms with E-state index in [9.17, 15) is 9.18 Å². The van der Waals surface area contributed by atoms with Gasteiger partial charge in [-0.05, 0) is 18.2 Å². The number of aromatic nitrogens is 3. The monoisotopic (exact) mass is 330 g/mol. The van der Waals surface area contributed by atoms with Crippen molar-refractivity contribution in [1.29, 1.82) is 0 Å². The van der Waals surface area contributed by atoms with Crippen molar-refractivity contribution in [3.8, 4) is 17.1 Å². The molecule has 6 nitrogen and oxygen atoms in total. The van der Waals surface area contributed by atoms with Crippen LogP contribution in [0.3, 0.4) is 0 Å². The van der Waals surface area contributed by atoms with Crippen LogP contribution in [0, 0.1) is 5.82 Å². The molecule has 0 fully saturated rings. The minimum absolute atomic E-state index is 0.0990. The lowest BCUT2D eigenvalue weighted by atomic mass is 10.2. The highest BCUT2D eigenvalue weighted by Gasteiger charge is 2.14. The van der Waals surface area contributed by atoms with E-state index in [-0.39, 0.29) is 10.7 Å². The van der Waals surface area contributed by atoms with Crippen LogP contribution >= 0.6 is 11.5 Å². The average molecular weight is 330 g/mol. The van der Waals surface area contributed by atoms with Gasteiger partial charge in [0.2, 0.25) is 5.13 Å². The van der Waals surface area contributed by atoms with Crippen molar-refractivity contribution in [2.45, 2.75) is 0 Å². The first-order valence-corrected chi connectivity index (χ1v) is 7.33. The number of ether oxygens (including phenoxy) is 1. The van der Waals surface area contributed by atoms with Gasteiger partial charge in [0.05, 0.1) is 18.9 Å². The molecule has 0 aliphatic carbocycles. The Morgan fingerprint density at radius 1 is 1.35 bits per heavy atom. The van der Waals surface area contributed by atoms with Crippen LogP contribution in [-0.4, -0.2) is 27.4 Å². The first kappa shape index (κ1) is 15.0. The Bertz CT molecular complexity index is 853. The van der Waals surface area contributed by atoms with E-state index < -0.39 is 11.7 Å². The lowest BCUT2D eigenvalue weighted by Gasteiger charge is -2.02. The fourth-order valence-corrected chi connectivity index (χ4v) is 2.46. The molecule has 1 aromatic carbocycles. The third-order valence-corrected chi connectivity index (χ3v) is 3.62. The van der Waals surface area contributed by atoms with Crippen LogP contribution in [0.1, 0.15) is 10.4 Å². The second-order valence-corrected chi connectivity index (χ2v) is 5.22. The summed E-state index contributed by atoms with van der Waals surface area (Å²) in [7, 11) is 1.57. The predicted molar refractivity (Wildman–Crippen MR) is 84.0 cm³/mol. The molecule has 8 heteroatoms. The summed E-state index contributed by atoms with van der Waals surface area (Å²) in [6.07, 6.45) is 2.33. The number of carbonyl (C=O) groups is 1. The molecule has 23 heavy (non-hydrogen) atoms. The third kappa shape index (κ3) is 3.32. The molecule has 3 rings (SSSR count). The summed E-state index contributed by atoms with van der Waals surface area (Å²) in [4.78, 5) is 19.9. The molecule has 3 aromatic rings. The normalized spacial score (nSPS) is 10.3. The van der Waals surface area contributed by atoms with Crippen molar-refractivity contribution in [1.82, 2.24) is 14.3 Å². The first-order valence-electron chi connectivity index (χ1n) is 6.56. The van der Waals surface area contributed by atoms with Gasteiger partial charge >= 0.3 is 0 Å². The highest BCUT2D eigenvalue weighted by atomic mass is 32.1. The SMILES string of the molecule is COc1cccc(-c2nsc(NC(=O)c3ccncc3F)n2)c1. The van der Waals surface area contributed by atoms with Crippen LogP contribution < -0.4 is 10.1 Å². The number of carbonyl (C=O) groups excluding carboxylic acids is 1. The molecule has 0 saturated heterocycles. The smallest absolute Gasteiger partial charge is 0.260 e. The lowest BCUT2D eigenvalue weighted by molar-refractivity contribution is 0.102. The van der Waals surface area contributed by atoms with E-state index >= 15 is 0 Å². The molecular weight excluding hydrogens is 319 g/mol. The number of pyridine rings is 1. The maximum Gasteiger partial charge on any atom is 0.260 e. The second kappa shape index (κ2) is 6.49. The van der Waals surface area contributed by atoms with Crippen molar-refractivity contribution in [3.63, 3.8) is 0 Å². The molecule has 0 spiro atoms. The summed E-state index contributed by atoms with van der Waals surface area (Å²) in [6, 6.07) is 8.55. The zero-order chi connectivity index (χ0) is 16.2. The van der Waals surface area contributed by atoms with E-state index in [4.69, 9.17) is 4.74 Å². The van der Waals surface area contributed by atoms with Gasteiger partial charge in [-0.3, -0.25) is 15.1 Å². The minimum atomic E-state index is -0.692. The zero-order valence-electron chi connectivity index (χ0n) is 12.0. The van der Waals surface area contributed by atoms with Gasteiger partial charge in [0.1, 0.15) is 5.75 Å². The number of nitrogens with zero attached hydrogens (tertiary/aromatic N) is 3. The molecule has 116 valence electrons. The van der Waals surface area contributed by atoms with Crippen LogP contribution in [0.25, 0.3) is 11.4 Å².